The molecule has 0 saturated carbocycles. The minimum absolute atomic E-state index is 0.0816. The monoisotopic (exact) mass is 396 g/mol. The minimum atomic E-state index is -0.0816. The molecule has 0 spiro atoms. The van der Waals surface area contributed by atoms with Gasteiger partial charge in [0.25, 0.3) is 0 Å². The van der Waals surface area contributed by atoms with Crippen molar-refractivity contribution in [2.24, 2.45) is 10.4 Å². The molecule has 146 valence electrons. The summed E-state index contributed by atoms with van der Waals surface area (Å²) in [7, 11) is 1.63. The number of Topliss-reactive ketones (excluding diaryl/α,β-unsaturated/α-hetero) is 1. The van der Waals surface area contributed by atoms with Crippen LogP contribution in [0.3, 0.4) is 0 Å². The maximum absolute atomic E-state index is 12.9. The van der Waals surface area contributed by atoms with Gasteiger partial charge in [-0.1, -0.05) is 24.6 Å². The van der Waals surface area contributed by atoms with E-state index in [0.29, 0.717) is 6.42 Å². The Morgan fingerprint density at radius 3 is 2.61 bits per heavy atom. The molecule has 2 aromatic rings. The second-order valence-electron chi connectivity index (χ2n) is 8.05. The van der Waals surface area contributed by atoms with Gasteiger partial charge in [-0.2, -0.15) is 0 Å². The van der Waals surface area contributed by atoms with Gasteiger partial charge in [0.2, 0.25) is 0 Å². The van der Waals surface area contributed by atoms with Crippen LogP contribution in [-0.2, 0) is 0 Å². The van der Waals surface area contributed by atoms with Gasteiger partial charge >= 0.3 is 0 Å². The standard InChI is InChI=1S/C23H25ClN2O2/c1-15-23(2,13-22(27)16-4-7-18(28-3)8-5-16)10-11-26(15)17-6-9-19(20(24)12-17)21-14-25-21/h4-9,12,14-15,21H,10-11,13H2,1-3H3/t15-,21?,23+/m0/s1. The lowest BCUT2D eigenvalue weighted by molar-refractivity contribution is 0.0916. The predicted octanol–water partition coefficient (Wildman–Crippen LogP) is 5.35. The summed E-state index contributed by atoms with van der Waals surface area (Å²) >= 11 is 6.48. The molecular weight excluding hydrogens is 372 g/mol. The van der Waals surface area contributed by atoms with Crippen molar-refractivity contribution in [3.8, 4) is 5.75 Å². The molecule has 2 aliphatic heterocycles. The Hall–Kier alpha value is -2.33. The number of rotatable bonds is 6. The van der Waals surface area contributed by atoms with E-state index in [1.165, 1.54) is 0 Å². The summed E-state index contributed by atoms with van der Waals surface area (Å²) in [5.74, 6) is 0.943. The number of methoxy groups -OCH3 is 1. The number of carbonyl (C=O) groups is 1. The molecule has 0 amide bonds. The zero-order valence-electron chi connectivity index (χ0n) is 16.5. The van der Waals surface area contributed by atoms with Gasteiger partial charge in [0.1, 0.15) is 11.8 Å². The van der Waals surface area contributed by atoms with Gasteiger partial charge in [0.05, 0.1) is 7.11 Å². The van der Waals surface area contributed by atoms with E-state index >= 15 is 0 Å². The zero-order chi connectivity index (χ0) is 19.9. The van der Waals surface area contributed by atoms with Crippen molar-refractivity contribution < 1.29 is 9.53 Å². The Balaban J connectivity index is 1.48. The fourth-order valence-corrected chi connectivity index (χ4v) is 4.41. The molecular formula is C23H25ClN2O2. The Morgan fingerprint density at radius 2 is 2.00 bits per heavy atom. The molecule has 1 unspecified atom stereocenters. The van der Waals surface area contributed by atoms with Crippen LogP contribution in [-0.4, -0.2) is 31.7 Å². The maximum atomic E-state index is 12.9. The molecule has 0 aromatic heterocycles. The second kappa shape index (κ2) is 7.25. The molecule has 4 nitrogen and oxygen atoms in total. The summed E-state index contributed by atoms with van der Waals surface area (Å²) in [5.41, 5.74) is 2.84. The van der Waals surface area contributed by atoms with Crippen molar-refractivity contribution in [1.82, 2.24) is 0 Å². The number of halogens is 1. The third-order valence-electron chi connectivity index (χ3n) is 6.31. The normalized spacial score (nSPS) is 25.8. The lowest BCUT2D eigenvalue weighted by Gasteiger charge is -2.33. The average molecular weight is 397 g/mol. The molecule has 5 heteroatoms. The van der Waals surface area contributed by atoms with Crippen LogP contribution in [0.1, 0.15) is 48.7 Å². The van der Waals surface area contributed by atoms with Crippen LogP contribution in [0.15, 0.2) is 47.5 Å². The minimum Gasteiger partial charge on any atom is -0.497 e. The van der Waals surface area contributed by atoms with Crippen molar-refractivity contribution in [2.75, 3.05) is 18.6 Å². The quantitative estimate of drug-likeness (QED) is 0.618. The van der Waals surface area contributed by atoms with Gasteiger partial charge < -0.3 is 9.64 Å². The van der Waals surface area contributed by atoms with E-state index in [-0.39, 0.29) is 23.3 Å². The van der Waals surface area contributed by atoms with E-state index in [1.54, 1.807) is 7.11 Å². The highest BCUT2D eigenvalue weighted by atomic mass is 35.5. The van der Waals surface area contributed by atoms with Crippen LogP contribution in [0.4, 0.5) is 5.69 Å². The number of nitrogens with zero attached hydrogens (tertiary/aromatic N) is 2. The molecule has 1 fully saturated rings. The third-order valence-corrected chi connectivity index (χ3v) is 6.64. The topological polar surface area (TPSA) is 41.9 Å². The number of hydrogen-bond acceptors (Lipinski definition) is 4. The fourth-order valence-electron chi connectivity index (χ4n) is 4.13. The predicted molar refractivity (Wildman–Crippen MR) is 114 cm³/mol. The zero-order valence-corrected chi connectivity index (χ0v) is 17.2. The maximum Gasteiger partial charge on any atom is 0.163 e. The first-order valence-corrected chi connectivity index (χ1v) is 10.1. The number of hydrogen-bond donors (Lipinski definition) is 0. The molecule has 2 aliphatic rings. The molecule has 0 N–H and O–H groups in total. The number of aliphatic imine (C=N–C) groups is 1. The van der Waals surface area contributed by atoms with Crippen LogP contribution >= 0.6 is 11.6 Å². The second-order valence-corrected chi connectivity index (χ2v) is 8.46. The lowest BCUT2D eigenvalue weighted by atomic mass is 9.77. The van der Waals surface area contributed by atoms with Crippen LogP contribution in [0.25, 0.3) is 0 Å². The summed E-state index contributed by atoms with van der Waals surface area (Å²) in [6.07, 6.45) is 3.40. The molecule has 0 radical (unpaired) electrons. The molecule has 0 aliphatic carbocycles. The van der Waals surface area contributed by atoms with Crippen molar-refractivity contribution >= 4 is 29.3 Å². The Kier molecular flexibility index (Phi) is 4.92. The van der Waals surface area contributed by atoms with Crippen molar-refractivity contribution in [1.29, 1.82) is 0 Å². The summed E-state index contributed by atoms with van der Waals surface area (Å²) < 4.78 is 5.18. The molecule has 4 rings (SSSR count). The smallest absolute Gasteiger partial charge is 0.163 e. The Bertz CT molecular complexity index is 919. The molecule has 1 saturated heterocycles. The van der Waals surface area contributed by atoms with Crippen molar-refractivity contribution in [3.05, 3.63) is 58.6 Å². The lowest BCUT2D eigenvalue weighted by Crippen LogP contribution is -2.37. The summed E-state index contributed by atoms with van der Waals surface area (Å²) in [5, 5.41) is 0.759. The Labute approximate surface area is 171 Å². The highest BCUT2D eigenvalue weighted by molar-refractivity contribution is 6.32. The number of benzene rings is 2. The number of carbonyl (C=O) groups excluding carboxylic acids is 1. The summed E-state index contributed by atoms with van der Waals surface area (Å²) in [4.78, 5) is 19.4. The van der Waals surface area contributed by atoms with Crippen molar-refractivity contribution in [2.45, 2.75) is 38.8 Å². The number of anilines is 1. The van der Waals surface area contributed by atoms with E-state index in [0.717, 1.165) is 40.6 Å². The van der Waals surface area contributed by atoms with Gasteiger partial charge in [0, 0.05) is 47.1 Å². The molecule has 2 heterocycles. The number of ketones is 1. The fraction of sp³-hybridized carbons (Fsp3) is 0.391. The van der Waals surface area contributed by atoms with Crippen LogP contribution in [0.5, 0.6) is 5.75 Å². The number of ether oxygens (including phenoxy) is 1. The largest absolute Gasteiger partial charge is 0.497 e. The summed E-state index contributed by atoms with van der Waals surface area (Å²) in [6, 6.07) is 14.0. The van der Waals surface area contributed by atoms with Crippen LogP contribution in [0.2, 0.25) is 5.02 Å². The highest BCUT2D eigenvalue weighted by Gasteiger charge is 2.42. The van der Waals surface area contributed by atoms with Crippen molar-refractivity contribution in [3.63, 3.8) is 0 Å². The van der Waals surface area contributed by atoms with Crippen LogP contribution in [0, 0.1) is 5.41 Å². The average Bonchev–Trinajstić information content (AvgIpc) is 3.48. The summed E-state index contributed by atoms with van der Waals surface area (Å²) in [6.45, 7) is 5.34. The third kappa shape index (κ3) is 3.53. The first-order chi connectivity index (χ1) is 13.4. The van der Waals surface area contributed by atoms with Gasteiger partial charge in [0.15, 0.2) is 5.78 Å². The first-order valence-electron chi connectivity index (χ1n) is 9.68. The first kappa shape index (κ1) is 19.0. The van der Waals surface area contributed by atoms with E-state index in [2.05, 4.69) is 35.9 Å². The molecule has 28 heavy (non-hydrogen) atoms. The van der Waals surface area contributed by atoms with Gasteiger partial charge in [-0.15, -0.1) is 0 Å². The van der Waals surface area contributed by atoms with E-state index in [1.807, 2.05) is 36.5 Å². The van der Waals surface area contributed by atoms with Gasteiger partial charge in [-0.05, 0) is 55.2 Å². The molecule has 2 aromatic carbocycles. The van der Waals surface area contributed by atoms with E-state index in [9.17, 15) is 4.79 Å². The van der Waals surface area contributed by atoms with Crippen LogP contribution < -0.4 is 9.64 Å². The molecule has 3 atom stereocenters. The molecule has 0 bridgehead atoms. The van der Waals surface area contributed by atoms with E-state index in [4.69, 9.17) is 16.3 Å². The van der Waals surface area contributed by atoms with Gasteiger partial charge in [-0.3, -0.25) is 9.79 Å². The Morgan fingerprint density at radius 1 is 1.29 bits per heavy atom. The highest BCUT2D eigenvalue weighted by Crippen LogP contribution is 2.44. The van der Waals surface area contributed by atoms with E-state index < -0.39 is 0 Å². The van der Waals surface area contributed by atoms with Gasteiger partial charge in [-0.25, -0.2) is 0 Å². The SMILES string of the molecule is COc1ccc(C(=O)C[C@@]2(C)CCN(c3ccc(C4C=N4)c(Cl)c3)[C@H]2C)cc1.